The van der Waals surface area contributed by atoms with Crippen LogP contribution in [0.1, 0.15) is 22.8 Å². The number of aromatic amines is 2. The SMILES string of the molecule is CC(CO)(Cc1c[nH]c2ccccc12)NC(=O)c1cc(-c2ccc(-c3cc[nH]n3)cc2)ccc1OC(F)(F)F. The minimum Gasteiger partial charge on any atom is -0.405 e. The second-order valence-corrected chi connectivity index (χ2v) is 9.50. The maximum atomic E-state index is 13.4. The third kappa shape index (κ3) is 5.80. The Labute approximate surface area is 221 Å². The van der Waals surface area contributed by atoms with Gasteiger partial charge in [0, 0.05) is 28.9 Å². The summed E-state index contributed by atoms with van der Waals surface area (Å²) in [5.74, 6) is -1.44. The Bertz CT molecular complexity index is 1590. The van der Waals surface area contributed by atoms with Gasteiger partial charge in [-0.1, -0.05) is 48.5 Å². The average molecular weight is 535 g/mol. The molecule has 0 saturated carbocycles. The van der Waals surface area contributed by atoms with Crippen LogP contribution >= 0.6 is 0 Å². The lowest BCUT2D eigenvalue weighted by Crippen LogP contribution is -2.50. The highest BCUT2D eigenvalue weighted by molar-refractivity contribution is 5.99. The van der Waals surface area contributed by atoms with Gasteiger partial charge < -0.3 is 20.1 Å². The molecule has 0 spiro atoms. The summed E-state index contributed by atoms with van der Waals surface area (Å²) in [6.45, 7) is 1.19. The predicted octanol–water partition coefficient (Wildman–Crippen LogP) is 5.85. The molecule has 0 aliphatic carbocycles. The van der Waals surface area contributed by atoms with Gasteiger partial charge in [-0.15, -0.1) is 13.2 Å². The normalized spacial score (nSPS) is 13.3. The summed E-state index contributed by atoms with van der Waals surface area (Å²) in [6, 6.07) is 20.6. The van der Waals surface area contributed by atoms with Crippen molar-refractivity contribution >= 4 is 16.8 Å². The molecule has 39 heavy (non-hydrogen) atoms. The average Bonchev–Trinajstić information content (AvgIpc) is 3.59. The molecule has 5 rings (SSSR count). The molecule has 10 heteroatoms. The third-order valence-corrected chi connectivity index (χ3v) is 6.48. The fourth-order valence-electron chi connectivity index (χ4n) is 4.53. The van der Waals surface area contributed by atoms with Crippen molar-refractivity contribution in [3.63, 3.8) is 0 Å². The van der Waals surface area contributed by atoms with E-state index in [4.69, 9.17) is 0 Å². The lowest BCUT2D eigenvalue weighted by Gasteiger charge is -2.29. The number of aliphatic hydroxyl groups is 1. The van der Waals surface area contributed by atoms with Crippen LogP contribution in [0, 0.1) is 0 Å². The van der Waals surface area contributed by atoms with E-state index in [2.05, 4.69) is 25.2 Å². The number of para-hydroxylation sites is 1. The monoisotopic (exact) mass is 534 g/mol. The van der Waals surface area contributed by atoms with E-state index in [0.29, 0.717) is 11.1 Å². The van der Waals surface area contributed by atoms with Crippen molar-refractivity contribution in [3.8, 4) is 28.1 Å². The highest BCUT2D eigenvalue weighted by Gasteiger charge is 2.34. The zero-order chi connectivity index (χ0) is 27.6. The van der Waals surface area contributed by atoms with E-state index >= 15 is 0 Å². The molecule has 0 saturated heterocycles. The third-order valence-electron chi connectivity index (χ3n) is 6.48. The molecule has 4 N–H and O–H groups in total. The van der Waals surface area contributed by atoms with Gasteiger partial charge in [0.25, 0.3) is 5.91 Å². The lowest BCUT2D eigenvalue weighted by atomic mass is 9.92. The van der Waals surface area contributed by atoms with Crippen LogP contribution in [0.3, 0.4) is 0 Å². The van der Waals surface area contributed by atoms with Gasteiger partial charge in [0.1, 0.15) is 5.75 Å². The summed E-state index contributed by atoms with van der Waals surface area (Å²) >= 11 is 0. The Kier molecular flexibility index (Phi) is 6.88. The molecule has 7 nitrogen and oxygen atoms in total. The highest BCUT2D eigenvalue weighted by atomic mass is 19.4. The lowest BCUT2D eigenvalue weighted by molar-refractivity contribution is -0.274. The molecule has 200 valence electrons. The molecule has 0 aliphatic heterocycles. The first-order chi connectivity index (χ1) is 18.6. The molecule has 1 unspecified atom stereocenters. The number of hydrogen-bond donors (Lipinski definition) is 4. The molecule has 1 atom stereocenters. The van der Waals surface area contributed by atoms with Crippen molar-refractivity contribution in [2.45, 2.75) is 25.2 Å². The Hall–Kier alpha value is -4.57. The quantitative estimate of drug-likeness (QED) is 0.201. The number of benzene rings is 3. The number of halogens is 3. The predicted molar refractivity (Wildman–Crippen MR) is 141 cm³/mol. The minimum atomic E-state index is -4.99. The molecule has 2 aromatic heterocycles. The van der Waals surface area contributed by atoms with Gasteiger partial charge in [-0.2, -0.15) is 5.10 Å². The molecule has 0 aliphatic rings. The molecule has 0 fully saturated rings. The summed E-state index contributed by atoms with van der Waals surface area (Å²) in [6.07, 6.45) is -1.27. The number of amides is 1. The van der Waals surface area contributed by atoms with E-state index in [-0.39, 0.29) is 12.0 Å². The zero-order valence-electron chi connectivity index (χ0n) is 20.8. The van der Waals surface area contributed by atoms with Crippen molar-refractivity contribution in [2.75, 3.05) is 6.61 Å². The van der Waals surface area contributed by atoms with Crippen LogP contribution in [-0.2, 0) is 6.42 Å². The van der Waals surface area contributed by atoms with Crippen LogP contribution in [0.2, 0.25) is 0 Å². The van der Waals surface area contributed by atoms with Gasteiger partial charge >= 0.3 is 6.36 Å². The van der Waals surface area contributed by atoms with Crippen molar-refractivity contribution in [2.24, 2.45) is 0 Å². The standard InChI is InChI=1S/C29H25F3N4O3/c1-28(17-37,15-21-16-33-25-5-3-2-4-22(21)25)35-27(38)23-14-20(10-11-26(23)39-29(30,31)32)18-6-8-19(9-7-18)24-12-13-34-36-24/h2-14,16,33,37H,15,17H2,1H3,(H,34,36)(H,35,38). The van der Waals surface area contributed by atoms with Crippen LogP contribution in [0.4, 0.5) is 13.2 Å². The maximum Gasteiger partial charge on any atom is 0.573 e. The molecule has 5 aromatic rings. The zero-order valence-corrected chi connectivity index (χ0v) is 20.8. The van der Waals surface area contributed by atoms with Gasteiger partial charge in [-0.3, -0.25) is 9.89 Å². The number of H-pyrrole nitrogens is 2. The molecule has 2 heterocycles. The Morgan fingerprint density at radius 2 is 1.72 bits per heavy atom. The number of ether oxygens (including phenoxy) is 1. The number of fused-ring (bicyclic) bond motifs is 1. The molecular formula is C29H25F3N4O3. The maximum absolute atomic E-state index is 13.4. The Morgan fingerprint density at radius 3 is 2.41 bits per heavy atom. The fourth-order valence-corrected chi connectivity index (χ4v) is 4.53. The van der Waals surface area contributed by atoms with Crippen LogP contribution in [0.5, 0.6) is 5.75 Å². The second kappa shape index (κ2) is 10.3. The number of aliphatic hydroxyl groups excluding tert-OH is 1. The number of rotatable bonds is 8. The van der Waals surface area contributed by atoms with E-state index in [1.165, 1.54) is 12.1 Å². The summed E-state index contributed by atoms with van der Waals surface area (Å²) < 4.78 is 43.7. The first-order valence-electron chi connectivity index (χ1n) is 12.1. The van der Waals surface area contributed by atoms with Crippen molar-refractivity contribution < 1.29 is 27.8 Å². The fraction of sp³-hybridized carbons (Fsp3) is 0.172. The number of aromatic nitrogens is 3. The van der Waals surface area contributed by atoms with Crippen LogP contribution in [0.25, 0.3) is 33.3 Å². The Morgan fingerprint density at radius 1 is 1.00 bits per heavy atom. The summed E-state index contributed by atoms with van der Waals surface area (Å²) in [7, 11) is 0. The molecular weight excluding hydrogens is 509 g/mol. The molecule has 1 amide bonds. The largest absolute Gasteiger partial charge is 0.573 e. The number of carbonyl (C=O) groups is 1. The molecule has 0 bridgehead atoms. The first-order valence-corrected chi connectivity index (χ1v) is 12.1. The molecule has 0 radical (unpaired) electrons. The summed E-state index contributed by atoms with van der Waals surface area (Å²) in [5.41, 5.74) is 3.07. The smallest absolute Gasteiger partial charge is 0.405 e. The number of alkyl halides is 3. The van der Waals surface area contributed by atoms with Crippen LogP contribution < -0.4 is 10.1 Å². The second-order valence-electron chi connectivity index (χ2n) is 9.50. The number of nitrogens with zero attached hydrogens (tertiary/aromatic N) is 1. The van der Waals surface area contributed by atoms with Crippen molar-refractivity contribution in [3.05, 3.63) is 96.3 Å². The highest BCUT2D eigenvalue weighted by Crippen LogP contribution is 2.32. The van der Waals surface area contributed by atoms with E-state index in [9.17, 15) is 23.1 Å². The van der Waals surface area contributed by atoms with Gasteiger partial charge in [0.2, 0.25) is 0 Å². The number of carbonyl (C=O) groups excluding carboxylic acids is 1. The van der Waals surface area contributed by atoms with E-state index in [1.807, 2.05) is 42.5 Å². The van der Waals surface area contributed by atoms with Crippen molar-refractivity contribution in [1.29, 1.82) is 0 Å². The number of nitrogens with one attached hydrogen (secondary N) is 3. The van der Waals surface area contributed by atoms with Crippen LogP contribution in [0.15, 0.2) is 85.2 Å². The van der Waals surface area contributed by atoms with Gasteiger partial charge in [0.05, 0.1) is 23.4 Å². The van der Waals surface area contributed by atoms with Gasteiger partial charge in [0.15, 0.2) is 0 Å². The van der Waals surface area contributed by atoms with E-state index < -0.39 is 30.2 Å². The number of hydrogen-bond acceptors (Lipinski definition) is 4. The minimum absolute atomic E-state index is 0.239. The van der Waals surface area contributed by atoms with Crippen LogP contribution in [-0.4, -0.2) is 44.7 Å². The van der Waals surface area contributed by atoms with E-state index in [0.717, 1.165) is 33.8 Å². The van der Waals surface area contributed by atoms with Gasteiger partial charge in [-0.25, -0.2) is 0 Å². The summed E-state index contributed by atoms with van der Waals surface area (Å²) in [4.78, 5) is 16.6. The summed E-state index contributed by atoms with van der Waals surface area (Å²) in [5, 5.41) is 20.7. The topological polar surface area (TPSA) is 103 Å². The van der Waals surface area contributed by atoms with E-state index in [1.54, 1.807) is 31.5 Å². The first kappa shape index (κ1) is 26.1. The Balaban J connectivity index is 1.45. The van der Waals surface area contributed by atoms with Gasteiger partial charge in [-0.05, 0) is 54.3 Å². The molecule has 3 aromatic carbocycles. The van der Waals surface area contributed by atoms with Crippen molar-refractivity contribution in [1.82, 2.24) is 20.5 Å².